The van der Waals surface area contributed by atoms with E-state index in [1.807, 2.05) is 29.3 Å². The van der Waals surface area contributed by atoms with Crippen molar-refractivity contribution in [1.82, 2.24) is 9.38 Å². The third kappa shape index (κ3) is 1.76. The number of pyridine rings is 1. The van der Waals surface area contributed by atoms with Crippen LogP contribution in [0.2, 0.25) is 0 Å². The normalized spacial score (nSPS) is 14.9. The first-order valence-corrected chi connectivity index (χ1v) is 6.15. The molecule has 5 heteroatoms. The molecule has 0 aliphatic heterocycles. The first-order chi connectivity index (χ1) is 8.85. The number of carbonyl (C=O) groups is 1. The molecule has 0 radical (unpaired) electrons. The lowest BCUT2D eigenvalue weighted by atomic mass is 10.3. The van der Waals surface area contributed by atoms with E-state index in [9.17, 15) is 4.79 Å². The average Bonchev–Trinajstić information content (AvgIpc) is 3.16. The van der Waals surface area contributed by atoms with Gasteiger partial charge in [0.2, 0.25) is 0 Å². The van der Waals surface area contributed by atoms with Crippen molar-refractivity contribution in [3.63, 3.8) is 0 Å². The zero-order valence-electron chi connectivity index (χ0n) is 9.99. The quantitative estimate of drug-likeness (QED) is 0.802. The van der Waals surface area contributed by atoms with Gasteiger partial charge in [-0.15, -0.1) is 0 Å². The molecular formula is C13H15N3O2. The summed E-state index contributed by atoms with van der Waals surface area (Å²) in [4.78, 5) is 17.9. The molecule has 0 saturated heterocycles. The number of fused-ring (bicyclic) bond motifs is 1. The minimum atomic E-state index is 0.0721. The number of aliphatic hydroxyl groups is 1. The van der Waals surface area contributed by atoms with E-state index in [1.54, 1.807) is 4.40 Å². The van der Waals surface area contributed by atoms with Crippen LogP contribution in [0.3, 0.4) is 0 Å². The molecule has 1 aliphatic carbocycles. The zero-order chi connectivity index (χ0) is 12.5. The van der Waals surface area contributed by atoms with Gasteiger partial charge >= 0.3 is 0 Å². The molecule has 2 aromatic heterocycles. The third-order valence-corrected chi connectivity index (χ3v) is 3.26. The Hall–Kier alpha value is -1.88. The maximum Gasteiger partial charge on any atom is 0.170 e. The summed E-state index contributed by atoms with van der Waals surface area (Å²) in [6, 6.07) is 6.06. The fraction of sp³-hybridized carbons (Fsp3) is 0.385. The molecule has 0 bridgehead atoms. The van der Waals surface area contributed by atoms with E-state index in [1.165, 1.54) is 0 Å². The second-order valence-electron chi connectivity index (χ2n) is 4.52. The number of hydrogen-bond donors (Lipinski definition) is 1. The fourth-order valence-corrected chi connectivity index (χ4v) is 2.28. The van der Waals surface area contributed by atoms with Gasteiger partial charge in [0, 0.05) is 18.8 Å². The molecule has 3 rings (SSSR count). The van der Waals surface area contributed by atoms with E-state index in [4.69, 9.17) is 5.11 Å². The Balaban J connectivity index is 2.11. The number of carbonyl (C=O) groups excluding carboxylic acids is 1. The molecule has 0 atom stereocenters. The number of rotatable bonds is 5. The highest BCUT2D eigenvalue weighted by atomic mass is 16.3. The SMILES string of the molecule is O=Cc1c(N(CCO)C2CC2)nc2ccccn12. The number of imidazole rings is 1. The Bertz CT molecular complexity index is 575. The Morgan fingerprint density at radius 1 is 1.50 bits per heavy atom. The third-order valence-electron chi connectivity index (χ3n) is 3.26. The molecule has 5 nitrogen and oxygen atoms in total. The lowest BCUT2D eigenvalue weighted by Crippen LogP contribution is -2.30. The predicted molar refractivity (Wildman–Crippen MR) is 68.0 cm³/mol. The van der Waals surface area contributed by atoms with Crippen molar-refractivity contribution in [2.75, 3.05) is 18.1 Å². The van der Waals surface area contributed by atoms with Gasteiger partial charge in [-0.05, 0) is 25.0 Å². The monoisotopic (exact) mass is 245 g/mol. The topological polar surface area (TPSA) is 57.8 Å². The smallest absolute Gasteiger partial charge is 0.170 e. The first kappa shape index (κ1) is 11.2. The number of nitrogens with zero attached hydrogens (tertiary/aromatic N) is 3. The van der Waals surface area contributed by atoms with Gasteiger partial charge < -0.3 is 10.0 Å². The van der Waals surface area contributed by atoms with Crippen LogP contribution in [0.1, 0.15) is 23.3 Å². The summed E-state index contributed by atoms with van der Waals surface area (Å²) >= 11 is 0. The molecule has 1 saturated carbocycles. The molecule has 18 heavy (non-hydrogen) atoms. The van der Waals surface area contributed by atoms with Crippen molar-refractivity contribution in [1.29, 1.82) is 0 Å². The summed E-state index contributed by atoms with van der Waals surface area (Å²) in [6.07, 6.45) is 4.88. The van der Waals surface area contributed by atoms with E-state index < -0.39 is 0 Å². The van der Waals surface area contributed by atoms with E-state index >= 15 is 0 Å². The van der Waals surface area contributed by atoms with Gasteiger partial charge in [-0.1, -0.05) is 6.07 Å². The number of aromatic nitrogens is 2. The van der Waals surface area contributed by atoms with Gasteiger partial charge in [-0.2, -0.15) is 0 Å². The molecule has 2 heterocycles. The Kier molecular flexibility index (Phi) is 2.76. The summed E-state index contributed by atoms with van der Waals surface area (Å²) < 4.78 is 1.79. The highest BCUT2D eigenvalue weighted by Gasteiger charge is 2.32. The van der Waals surface area contributed by atoms with Crippen LogP contribution < -0.4 is 4.90 Å². The second-order valence-corrected chi connectivity index (χ2v) is 4.52. The van der Waals surface area contributed by atoms with Crippen LogP contribution >= 0.6 is 0 Å². The lowest BCUT2D eigenvalue weighted by Gasteiger charge is -2.21. The van der Waals surface area contributed by atoms with Crippen LogP contribution in [-0.2, 0) is 0 Å². The van der Waals surface area contributed by atoms with E-state index in [0.29, 0.717) is 24.1 Å². The van der Waals surface area contributed by atoms with Gasteiger partial charge in [0.1, 0.15) is 11.3 Å². The van der Waals surface area contributed by atoms with Crippen molar-refractivity contribution in [2.45, 2.75) is 18.9 Å². The minimum absolute atomic E-state index is 0.0721. The van der Waals surface area contributed by atoms with E-state index in [2.05, 4.69) is 4.98 Å². The first-order valence-electron chi connectivity index (χ1n) is 6.15. The predicted octanol–water partition coefficient (Wildman–Crippen LogP) is 1.11. The maximum absolute atomic E-state index is 11.3. The standard InChI is InChI=1S/C13H15N3O2/c17-8-7-15(10-4-5-10)13-11(9-18)16-6-2-1-3-12(16)14-13/h1-3,6,9-10,17H,4-5,7-8H2. The van der Waals surface area contributed by atoms with Crippen molar-refractivity contribution in [3.05, 3.63) is 30.1 Å². The number of aliphatic hydroxyl groups excluding tert-OH is 1. The second kappa shape index (κ2) is 4.42. The molecule has 0 amide bonds. The van der Waals surface area contributed by atoms with Crippen LogP contribution in [0.4, 0.5) is 5.82 Å². The maximum atomic E-state index is 11.3. The zero-order valence-corrected chi connectivity index (χ0v) is 9.99. The molecule has 1 aliphatic rings. The average molecular weight is 245 g/mol. The van der Waals surface area contributed by atoms with Crippen molar-refractivity contribution >= 4 is 17.8 Å². The Labute approximate surface area is 105 Å². The number of aldehydes is 1. The lowest BCUT2D eigenvalue weighted by molar-refractivity contribution is 0.111. The summed E-state index contributed by atoms with van der Waals surface area (Å²) in [5.74, 6) is 0.688. The summed E-state index contributed by atoms with van der Waals surface area (Å²) in [6.45, 7) is 0.595. The van der Waals surface area contributed by atoms with Gasteiger partial charge in [0.25, 0.3) is 0 Å². The van der Waals surface area contributed by atoms with Crippen LogP contribution in [0.5, 0.6) is 0 Å². The largest absolute Gasteiger partial charge is 0.395 e. The molecule has 0 unspecified atom stereocenters. The number of anilines is 1. The molecule has 2 aromatic rings. The van der Waals surface area contributed by atoms with Crippen LogP contribution in [0, 0.1) is 0 Å². The highest BCUT2D eigenvalue weighted by Crippen LogP contribution is 2.32. The van der Waals surface area contributed by atoms with E-state index in [-0.39, 0.29) is 6.61 Å². The summed E-state index contributed by atoms with van der Waals surface area (Å²) in [7, 11) is 0. The number of hydrogen-bond acceptors (Lipinski definition) is 4. The van der Waals surface area contributed by atoms with Gasteiger partial charge in [0.15, 0.2) is 12.1 Å². The van der Waals surface area contributed by atoms with Gasteiger partial charge in [0.05, 0.1) is 6.61 Å². The van der Waals surface area contributed by atoms with Crippen LogP contribution in [0.25, 0.3) is 5.65 Å². The van der Waals surface area contributed by atoms with Crippen molar-refractivity contribution < 1.29 is 9.90 Å². The molecule has 1 N–H and O–H groups in total. The summed E-state index contributed by atoms with van der Waals surface area (Å²) in [5, 5.41) is 9.15. The Morgan fingerprint density at radius 3 is 3.00 bits per heavy atom. The highest BCUT2D eigenvalue weighted by molar-refractivity contribution is 5.83. The molecule has 1 fully saturated rings. The van der Waals surface area contributed by atoms with Crippen LogP contribution in [0.15, 0.2) is 24.4 Å². The minimum Gasteiger partial charge on any atom is -0.395 e. The van der Waals surface area contributed by atoms with Crippen molar-refractivity contribution in [2.24, 2.45) is 0 Å². The van der Waals surface area contributed by atoms with Crippen molar-refractivity contribution in [3.8, 4) is 0 Å². The van der Waals surface area contributed by atoms with E-state index in [0.717, 1.165) is 24.8 Å². The molecule has 0 aromatic carbocycles. The van der Waals surface area contributed by atoms with Gasteiger partial charge in [-0.3, -0.25) is 9.20 Å². The van der Waals surface area contributed by atoms with Gasteiger partial charge in [-0.25, -0.2) is 4.98 Å². The molecule has 94 valence electrons. The summed E-state index contributed by atoms with van der Waals surface area (Å²) in [5.41, 5.74) is 1.32. The fourth-order valence-electron chi connectivity index (χ4n) is 2.28. The molecule has 0 spiro atoms. The van der Waals surface area contributed by atoms with Crippen LogP contribution in [-0.4, -0.2) is 40.0 Å². The molecular weight excluding hydrogens is 230 g/mol. The Morgan fingerprint density at radius 2 is 2.33 bits per heavy atom.